The summed E-state index contributed by atoms with van der Waals surface area (Å²) in [6, 6.07) is -0.521. The SMILES string of the molecule is CCOC(=O)c1c(C)[nH]c(C(=O)CN2C(=O)NC3(CCCCCC3)C2=O)c1C. The molecule has 8 nitrogen and oxygen atoms in total. The first kappa shape index (κ1) is 20.1. The highest BCUT2D eigenvalue weighted by atomic mass is 16.5. The minimum atomic E-state index is -0.870. The molecule has 2 fully saturated rings. The van der Waals surface area contributed by atoms with E-state index < -0.39 is 23.3 Å². The molecule has 0 aromatic carbocycles. The third kappa shape index (κ3) is 3.43. The molecule has 2 aliphatic rings. The summed E-state index contributed by atoms with van der Waals surface area (Å²) in [6.07, 6.45) is 5.06. The normalized spacial score (nSPS) is 18.9. The topological polar surface area (TPSA) is 109 Å². The fraction of sp³-hybridized carbons (Fsp3) is 0.600. The number of nitrogens with one attached hydrogen (secondary N) is 2. The van der Waals surface area contributed by atoms with Crippen LogP contribution in [0, 0.1) is 13.8 Å². The van der Waals surface area contributed by atoms with E-state index in [-0.39, 0.29) is 24.8 Å². The van der Waals surface area contributed by atoms with Gasteiger partial charge in [0.2, 0.25) is 0 Å². The van der Waals surface area contributed by atoms with Gasteiger partial charge in [-0.15, -0.1) is 0 Å². The number of ether oxygens (including phenoxy) is 1. The van der Waals surface area contributed by atoms with Crippen molar-refractivity contribution < 1.29 is 23.9 Å². The number of aromatic amines is 1. The molecule has 3 amide bonds. The molecule has 152 valence electrons. The molecule has 2 heterocycles. The molecule has 0 bridgehead atoms. The van der Waals surface area contributed by atoms with E-state index in [1.54, 1.807) is 20.8 Å². The maximum absolute atomic E-state index is 13.0. The zero-order chi connectivity index (χ0) is 20.5. The summed E-state index contributed by atoms with van der Waals surface area (Å²) in [5.74, 6) is -1.23. The van der Waals surface area contributed by atoms with Gasteiger partial charge in [-0.05, 0) is 39.2 Å². The van der Waals surface area contributed by atoms with Gasteiger partial charge in [0.15, 0.2) is 5.78 Å². The number of H-pyrrole nitrogens is 1. The van der Waals surface area contributed by atoms with Crippen molar-refractivity contribution in [3.8, 4) is 0 Å². The molecule has 1 aromatic heterocycles. The Morgan fingerprint density at radius 1 is 1.11 bits per heavy atom. The maximum atomic E-state index is 13.0. The summed E-state index contributed by atoms with van der Waals surface area (Å²) in [7, 11) is 0. The number of hydrogen-bond donors (Lipinski definition) is 2. The van der Waals surface area contributed by atoms with E-state index in [4.69, 9.17) is 4.74 Å². The molecule has 1 aliphatic heterocycles. The average Bonchev–Trinajstić information content (AvgIpc) is 2.93. The molecule has 2 N–H and O–H groups in total. The van der Waals surface area contributed by atoms with Crippen molar-refractivity contribution in [1.29, 1.82) is 0 Å². The van der Waals surface area contributed by atoms with Crippen LogP contribution in [0.4, 0.5) is 4.79 Å². The molecule has 1 aromatic rings. The average molecular weight is 389 g/mol. The van der Waals surface area contributed by atoms with E-state index in [9.17, 15) is 19.2 Å². The van der Waals surface area contributed by atoms with E-state index in [1.807, 2.05) is 0 Å². The summed E-state index contributed by atoms with van der Waals surface area (Å²) >= 11 is 0. The third-order valence-corrected chi connectivity index (χ3v) is 5.70. The van der Waals surface area contributed by atoms with Crippen LogP contribution in [-0.4, -0.2) is 52.3 Å². The second-order valence-corrected chi connectivity index (χ2v) is 7.59. The van der Waals surface area contributed by atoms with Crippen LogP contribution in [0.25, 0.3) is 0 Å². The zero-order valence-corrected chi connectivity index (χ0v) is 16.6. The number of imide groups is 1. The molecule has 0 unspecified atom stereocenters. The molecular formula is C20H27N3O5. The van der Waals surface area contributed by atoms with Crippen LogP contribution in [0.2, 0.25) is 0 Å². The van der Waals surface area contributed by atoms with Gasteiger partial charge in [-0.25, -0.2) is 9.59 Å². The summed E-state index contributed by atoms with van der Waals surface area (Å²) < 4.78 is 5.04. The summed E-state index contributed by atoms with van der Waals surface area (Å²) in [5, 5.41) is 2.83. The molecule has 3 rings (SSSR count). The third-order valence-electron chi connectivity index (χ3n) is 5.70. The van der Waals surface area contributed by atoms with Crippen molar-refractivity contribution in [3.63, 3.8) is 0 Å². The number of rotatable bonds is 5. The number of carbonyl (C=O) groups excluding carboxylic acids is 4. The van der Waals surface area contributed by atoms with Gasteiger partial charge in [0.25, 0.3) is 5.91 Å². The van der Waals surface area contributed by atoms with Crippen LogP contribution in [-0.2, 0) is 9.53 Å². The number of ketones is 1. The number of hydrogen-bond acceptors (Lipinski definition) is 5. The van der Waals surface area contributed by atoms with Gasteiger partial charge < -0.3 is 15.0 Å². The summed E-state index contributed by atoms with van der Waals surface area (Å²) in [5.41, 5.74) is 0.671. The van der Waals surface area contributed by atoms with Gasteiger partial charge in [-0.3, -0.25) is 14.5 Å². The van der Waals surface area contributed by atoms with Crippen LogP contribution in [0.1, 0.15) is 77.6 Å². The monoisotopic (exact) mass is 389 g/mol. The lowest BCUT2D eigenvalue weighted by Crippen LogP contribution is -2.46. The molecule has 1 spiro atoms. The smallest absolute Gasteiger partial charge is 0.340 e. The largest absolute Gasteiger partial charge is 0.462 e. The Labute approximate surface area is 164 Å². The second kappa shape index (κ2) is 7.77. The first-order chi connectivity index (χ1) is 13.3. The number of aryl methyl sites for hydroxylation is 1. The number of carbonyl (C=O) groups is 4. The number of urea groups is 1. The van der Waals surface area contributed by atoms with Crippen LogP contribution in [0.15, 0.2) is 0 Å². The molecule has 0 radical (unpaired) electrons. The Bertz CT molecular complexity index is 818. The highest BCUT2D eigenvalue weighted by Gasteiger charge is 2.51. The second-order valence-electron chi connectivity index (χ2n) is 7.59. The molecule has 8 heteroatoms. The number of nitrogens with zero attached hydrogens (tertiary/aromatic N) is 1. The fourth-order valence-electron chi connectivity index (χ4n) is 4.25. The Hall–Kier alpha value is -2.64. The highest BCUT2D eigenvalue weighted by Crippen LogP contribution is 2.33. The lowest BCUT2D eigenvalue weighted by molar-refractivity contribution is -0.131. The molecule has 0 atom stereocenters. The van der Waals surface area contributed by atoms with Gasteiger partial charge in [-0.2, -0.15) is 0 Å². The standard InChI is InChI=1S/C20H27N3O5/c1-4-28-17(25)15-12(2)16(21-13(15)3)14(24)11-23-18(26)20(22-19(23)27)9-7-5-6-8-10-20/h21H,4-11H2,1-3H3,(H,22,27). The number of aromatic nitrogens is 1. The van der Waals surface area contributed by atoms with Gasteiger partial charge >= 0.3 is 12.0 Å². The van der Waals surface area contributed by atoms with E-state index in [1.165, 1.54) is 0 Å². The fourth-order valence-corrected chi connectivity index (χ4v) is 4.25. The molecular weight excluding hydrogens is 362 g/mol. The minimum absolute atomic E-state index is 0.225. The van der Waals surface area contributed by atoms with E-state index >= 15 is 0 Å². The van der Waals surface area contributed by atoms with Crippen LogP contribution >= 0.6 is 0 Å². The Morgan fingerprint density at radius 3 is 2.36 bits per heavy atom. The number of amides is 3. The highest BCUT2D eigenvalue weighted by molar-refractivity contribution is 6.11. The van der Waals surface area contributed by atoms with Crippen LogP contribution in [0.3, 0.4) is 0 Å². The predicted molar refractivity (Wildman–Crippen MR) is 101 cm³/mol. The molecule has 28 heavy (non-hydrogen) atoms. The number of esters is 1. The first-order valence-corrected chi connectivity index (χ1v) is 9.84. The van der Waals surface area contributed by atoms with Crippen LogP contribution in [0.5, 0.6) is 0 Å². The predicted octanol–water partition coefficient (Wildman–Crippen LogP) is 2.64. The van der Waals surface area contributed by atoms with Gasteiger partial charge in [-0.1, -0.05) is 25.7 Å². The molecule has 1 aliphatic carbocycles. The molecule has 1 saturated heterocycles. The van der Waals surface area contributed by atoms with E-state index in [2.05, 4.69) is 10.3 Å². The maximum Gasteiger partial charge on any atom is 0.340 e. The van der Waals surface area contributed by atoms with Gasteiger partial charge in [0.1, 0.15) is 5.54 Å². The van der Waals surface area contributed by atoms with Crippen molar-refractivity contribution >= 4 is 23.7 Å². The van der Waals surface area contributed by atoms with Crippen molar-refractivity contribution in [2.24, 2.45) is 0 Å². The van der Waals surface area contributed by atoms with Gasteiger partial charge in [0.05, 0.1) is 24.4 Å². The van der Waals surface area contributed by atoms with Crippen LogP contribution < -0.4 is 5.32 Å². The van der Waals surface area contributed by atoms with E-state index in [0.717, 1.165) is 30.6 Å². The summed E-state index contributed by atoms with van der Waals surface area (Å²) in [4.78, 5) is 54.3. The van der Waals surface area contributed by atoms with Crippen molar-refractivity contribution in [3.05, 3.63) is 22.5 Å². The Kier molecular flexibility index (Phi) is 5.58. The van der Waals surface area contributed by atoms with Crippen molar-refractivity contribution in [1.82, 2.24) is 15.2 Å². The minimum Gasteiger partial charge on any atom is -0.462 e. The Morgan fingerprint density at radius 2 is 1.75 bits per heavy atom. The molecule has 1 saturated carbocycles. The van der Waals surface area contributed by atoms with Crippen molar-refractivity contribution in [2.45, 2.75) is 64.8 Å². The van der Waals surface area contributed by atoms with Crippen molar-refractivity contribution in [2.75, 3.05) is 13.2 Å². The lowest BCUT2D eigenvalue weighted by atomic mass is 9.90. The number of Topliss-reactive ketones (excluding diaryl/α,β-unsaturated/α-hetero) is 1. The first-order valence-electron chi connectivity index (χ1n) is 9.84. The van der Waals surface area contributed by atoms with Gasteiger partial charge in [0, 0.05) is 5.69 Å². The zero-order valence-electron chi connectivity index (χ0n) is 16.6. The summed E-state index contributed by atoms with van der Waals surface area (Å²) in [6.45, 7) is 4.93. The quantitative estimate of drug-likeness (QED) is 0.457. The Balaban J connectivity index is 1.80. The van der Waals surface area contributed by atoms with E-state index in [0.29, 0.717) is 29.7 Å². The lowest BCUT2D eigenvalue weighted by Gasteiger charge is -2.24.